The first-order valence-corrected chi connectivity index (χ1v) is 8.03. The molecule has 0 atom stereocenters. The van der Waals surface area contributed by atoms with E-state index in [9.17, 15) is 14.0 Å². The molecule has 6 heteroatoms. The number of benzene rings is 2. The Labute approximate surface area is 138 Å². The van der Waals surface area contributed by atoms with E-state index in [4.69, 9.17) is 4.74 Å². The third kappa shape index (κ3) is 5.10. The van der Waals surface area contributed by atoms with Gasteiger partial charge in [0.1, 0.15) is 5.82 Å². The molecule has 1 amide bonds. The molecule has 0 heterocycles. The molecule has 0 aromatic heterocycles. The van der Waals surface area contributed by atoms with Gasteiger partial charge in [0.2, 0.25) is 0 Å². The number of rotatable bonds is 6. The van der Waals surface area contributed by atoms with Gasteiger partial charge in [0.15, 0.2) is 0 Å². The van der Waals surface area contributed by atoms with E-state index in [1.54, 1.807) is 37.3 Å². The van der Waals surface area contributed by atoms with Gasteiger partial charge in [-0.2, -0.15) is 0 Å². The lowest BCUT2D eigenvalue weighted by Crippen LogP contribution is -2.13. The number of nitrogens with one attached hydrogen (secondary N) is 1. The summed E-state index contributed by atoms with van der Waals surface area (Å²) >= 11 is 1.35. The second kappa shape index (κ2) is 8.33. The molecule has 2 aromatic rings. The summed E-state index contributed by atoms with van der Waals surface area (Å²) in [6.07, 6.45) is 0. The quantitative estimate of drug-likeness (QED) is 0.646. The number of esters is 1. The molecule has 4 nitrogen and oxygen atoms in total. The fourth-order valence-electron chi connectivity index (χ4n) is 1.82. The highest BCUT2D eigenvalue weighted by Crippen LogP contribution is 2.21. The molecule has 1 N–H and O–H groups in total. The van der Waals surface area contributed by atoms with Crippen molar-refractivity contribution in [1.82, 2.24) is 0 Å². The first kappa shape index (κ1) is 17.0. The average molecular weight is 333 g/mol. The van der Waals surface area contributed by atoms with Gasteiger partial charge in [-0.15, -0.1) is 11.8 Å². The molecule has 0 aliphatic carbocycles. The van der Waals surface area contributed by atoms with E-state index < -0.39 is 11.7 Å². The van der Waals surface area contributed by atoms with Crippen LogP contribution in [-0.4, -0.2) is 24.2 Å². The van der Waals surface area contributed by atoms with Gasteiger partial charge in [-0.3, -0.25) is 9.59 Å². The maximum absolute atomic E-state index is 13.5. The van der Waals surface area contributed by atoms with Crippen LogP contribution in [0.3, 0.4) is 0 Å². The van der Waals surface area contributed by atoms with Crippen molar-refractivity contribution in [2.45, 2.75) is 11.8 Å². The van der Waals surface area contributed by atoms with Gasteiger partial charge in [0.05, 0.1) is 17.9 Å². The Morgan fingerprint density at radius 1 is 1.13 bits per heavy atom. The molecule has 0 unspecified atom stereocenters. The molecule has 0 bridgehead atoms. The van der Waals surface area contributed by atoms with Gasteiger partial charge in [-0.1, -0.05) is 12.1 Å². The summed E-state index contributed by atoms with van der Waals surface area (Å²) in [6, 6.07) is 12.8. The standard InChI is InChI=1S/C17H16FNO3S/c1-2-22-16(20)11-23-13-9-7-12(8-10-13)19-17(21)14-5-3-4-6-15(14)18/h3-10H,2,11H2,1H3,(H,19,21). The van der Waals surface area contributed by atoms with Crippen LogP contribution in [0.2, 0.25) is 0 Å². The molecule has 2 aromatic carbocycles. The predicted molar refractivity (Wildman–Crippen MR) is 88.2 cm³/mol. The van der Waals surface area contributed by atoms with Crippen molar-refractivity contribution in [3.63, 3.8) is 0 Å². The van der Waals surface area contributed by atoms with Gasteiger partial charge in [0.25, 0.3) is 5.91 Å². The largest absolute Gasteiger partial charge is 0.465 e. The zero-order valence-electron chi connectivity index (χ0n) is 12.5. The topological polar surface area (TPSA) is 55.4 Å². The molecule has 2 rings (SSSR count). The second-order valence-corrected chi connectivity index (χ2v) is 5.60. The summed E-state index contributed by atoms with van der Waals surface area (Å²) in [5.74, 6) is -1.11. The minimum absolute atomic E-state index is 0.00624. The molecule has 0 saturated carbocycles. The van der Waals surface area contributed by atoms with Crippen LogP contribution < -0.4 is 5.32 Å². The number of hydrogen-bond donors (Lipinski definition) is 1. The third-order valence-electron chi connectivity index (χ3n) is 2.89. The van der Waals surface area contributed by atoms with E-state index in [-0.39, 0.29) is 17.3 Å². The zero-order chi connectivity index (χ0) is 16.7. The van der Waals surface area contributed by atoms with Crippen LogP contribution in [-0.2, 0) is 9.53 Å². The Hall–Kier alpha value is -2.34. The normalized spacial score (nSPS) is 10.2. The lowest BCUT2D eigenvalue weighted by Gasteiger charge is -2.07. The van der Waals surface area contributed by atoms with Gasteiger partial charge < -0.3 is 10.1 Å². The highest BCUT2D eigenvalue weighted by molar-refractivity contribution is 8.00. The van der Waals surface area contributed by atoms with E-state index in [1.807, 2.05) is 0 Å². The number of halogens is 1. The Morgan fingerprint density at radius 3 is 2.48 bits per heavy atom. The van der Waals surface area contributed by atoms with Crippen molar-refractivity contribution in [3.05, 3.63) is 59.9 Å². The molecule has 0 radical (unpaired) electrons. The number of carbonyl (C=O) groups excluding carboxylic acids is 2. The van der Waals surface area contributed by atoms with Crippen LogP contribution in [0.4, 0.5) is 10.1 Å². The number of carbonyl (C=O) groups is 2. The Kier molecular flexibility index (Phi) is 6.17. The second-order valence-electron chi connectivity index (χ2n) is 4.55. The fourth-order valence-corrected chi connectivity index (χ4v) is 2.52. The molecular weight excluding hydrogens is 317 g/mol. The SMILES string of the molecule is CCOC(=O)CSc1ccc(NC(=O)c2ccccc2F)cc1. The van der Waals surface area contributed by atoms with Crippen molar-refractivity contribution in [3.8, 4) is 0 Å². The molecule has 0 fully saturated rings. The lowest BCUT2D eigenvalue weighted by atomic mass is 10.2. The Balaban J connectivity index is 1.93. The summed E-state index contributed by atoms with van der Waals surface area (Å²) in [4.78, 5) is 24.1. The van der Waals surface area contributed by atoms with Crippen LogP contribution >= 0.6 is 11.8 Å². The van der Waals surface area contributed by atoms with Crippen molar-refractivity contribution in [2.24, 2.45) is 0 Å². The van der Waals surface area contributed by atoms with Gasteiger partial charge in [0, 0.05) is 10.6 Å². The maximum Gasteiger partial charge on any atom is 0.316 e. The smallest absolute Gasteiger partial charge is 0.316 e. The number of hydrogen-bond acceptors (Lipinski definition) is 4. The molecule has 120 valence electrons. The van der Waals surface area contributed by atoms with E-state index in [0.717, 1.165) is 4.90 Å². The highest BCUT2D eigenvalue weighted by Gasteiger charge is 2.11. The fraction of sp³-hybridized carbons (Fsp3) is 0.176. The van der Waals surface area contributed by atoms with E-state index in [1.165, 1.54) is 30.0 Å². The first-order valence-electron chi connectivity index (χ1n) is 7.04. The first-order chi connectivity index (χ1) is 11.1. The number of amides is 1. The minimum atomic E-state index is -0.563. The summed E-state index contributed by atoms with van der Waals surface area (Å²) < 4.78 is 18.4. The number of anilines is 1. The van der Waals surface area contributed by atoms with Gasteiger partial charge in [-0.05, 0) is 43.3 Å². The highest BCUT2D eigenvalue weighted by atomic mass is 32.2. The number of thioether (sulfide) groups is 1. The van der Waals surface area contributed by atoms with Crippen molar-refractivity contribution < 1.29 is 18.7 Å². The third-order valence-corrected chi connectivity index (χ3v) is 3.88. The maximum atomic E-state index is 13.5. The summed E-state index contributed by atoms with van der Waals surface area (Å²) in [5, 5.41) is 2.63. The number of ether oxygens (including phenoxy) is 1. The Morgan fingerprint density at radius 2 is 1.83 bits per heavy atom. The van der Waals surface area contributed by atoms with Crippen LogP contribution in [0.1, 0.15) is 17.3 Å². The van der Waals surface area contributed by atoms with Gasteiger partial charge >= 0.3 is 5.97 Å². The minimum Gasteiger partial charge on any atom is -0.465 e. The van der Waals surface area contributed by atoms with Gasteiger partial charge in [-0.25, -0.2) is 4.39 Å². The van der Waals surface area contributed by atoms with Crippen LogP contribution in [0.5, 0.6) is 0 Å². The monoisotopic (exact) mass is 333 g/mol. The lowest BCUT2D eigenvalue weighted by molar-refractivity contribution is -0.139. The zero-order valence-corrected chi connectivity index (χ0v) is 13.4. The van der Waals surface area contributed by atoms with Crippen molar-refractivity contribution in [1.29, 1.82) is 0 Å². The van der Waals surface area contributed by atoms with Crippen molar-refractivity contribution in [2.75, 3.05) is 17.7 Å². The molecule has 23 heavy (non-hydrogen) atoms. The molecular formula is C17H16FNO3S. The summed E-state index contributed by atoms with van der Waals surface area (Å²) in [5.41, 5.74) is 0.548. The van der Waals surface area contributed by atoms with E-state index in [0.29, 0.717) is 12.3 Å². The van der Waals surface area contributed by atoms with Crippen LogP contribution in [0, 0.1) is 5.82 Å². The predicted octanol–water partition coefficient (Wildman–Crippen LogP) is 3.73. The average Bonchev–Trinajstić information content (AvgIpc) is 2.55. The molecule has 0 saturated heterocycles. The summed E-state index contributed by atoms with van der Waals surface area (Å²) in [7, 11) is 0. The molecule has 0 aliphatic heterocycles. The van der Waals surface area contributed by atoms with Crippen LogP contribution in [0.25, 0.3) is 0 Å². The van der Waals surface area contributed by atoms with E-state index >= 15 is 0 Å². The van der Waals surface area contributed by atoms with Crippen LogP contribution in [0.15, 0.2) is 53.4 Å². The summed E-state index contributed by atoms with van der Waals surface area (Å²) in [6.45, 7) is 2.12. The Bertz CT molecular complexity index is 688. The van der Waals surface area contributed by atoms with E-state index in [2.05, 4.69) is 5.32 Å². The molecule has 0 spiro atoms. The van der Waals surface area contributed by atoms with Crippen molar-refractivity contribution >= 4 is 29.3 Å². The molecule has 0 aliphatic rings.